The number of carbonyl (C=O) groups is 1. The minimum atomic E-state index is -3.96. The fourth-order valence-corrected chi connectivity index (χ4v) is 4.97. The van der Waals surface area contributed by atoms with Crippen molar-refractivity contribution in [2.75, 3.05) is 4.72 Å². The van der Waals surface area contributed by atoms with Crippen molar-refractivity contribution in [1.29, 1.82) is 0 Å². The normalized spacial score (nSPS) is 14.0. The smallest absolute Gasteiger partial charge is 0.335 e. The molecule has 2 heterocycles. The van der Waals surface area contributed by atoms with E-state index in [2.05, 4.69) is 19.5 Å². The molecule has 3 aromatic rings. The number of aromatic carboxylic acids is 1. The summed E-state index contributed by atoms with van der Waals surface area (Å²) in [6.45, 7) is 2.47. The van der Waals surface area contributed by atoms with Crippen molar-refractivity contribution in [1.82, 2.24) is 14.8 Å². The second-order valence-electron chi connectivity index (χ2n) is 7.37. The summed E-state index contributed by atoms with van der Waals surface area (Å²) in [5.41, 5.74) is 1.53. The van der Waals surface area contributed by atoms with Crippen LogP contribution in [-0.4, -0.2) is 34.3 Å². The van der Waals surface area contributed by atoms with Gasteiger partial charge in [0.25, 0.3) is 10.0 Å². The zero-order valence-electron chi connectivity index (χ0n) is 16.5. The van der Waals surface area contributed by atoms with Crippen molar-refractivity contribution in [3.05, 3.63) is 59.4 Å². The molecule has 9 heteroatoms. The SMILES string of the molecule is Cc1ccc(C(=O)O)cc1S(=O)(=O)Nc1cccc(-c2nnc3n2CCCCC3)c1. The Hall–Kier alpha value is -3.20. The zero-order chi connectivity index (χ0) is 21.3. The maximum Gasteiger partial charge on any atom is 0.335 e. The van der Waals surface area contributed by atoms with Crippen molar-refractivity contribution < 1.29 is 18.3 Å². The highest BCUT2D eigenvalue weighted by molar-refractivity contribution is 7.92. The molecule has 0 spiro atoms. The van der Waals surface area contributed by atoms with Gasteiger partial charge in [-0.2, -0.15) is 0 Å². The Bertz CT molecular complexity index is 1220. The van der Waals surface area contributed by atoms with Crippen LogP contribution in [0.4, 0.5) is 5.69 Å². The molecule has 0 unspecified atom stereocenters. The number of fused-ring (bicyclic) bond motifs is 1. The number of nitrogens with zero attached hydrogens (tertiary/aromatic N) is 3. The number of nitrogens with one attached hydrogen (secondary N) is 1. The third-order valence-electron chi connectivity index (χ3n) is 5.21. The van der Waals surface area contributed by atoms with Crippen molar-refractivity contribution in [3.8, 4) is 11.4 Å². The third kappa shape index (κ3) is 3.93. The van der Waals surface area contributed by atoms with Crippen LogP contribution >= 0.6 is 0 Å². The molecule has 2 N–H and O–H groups in total. The number of carboxylic acids is 1. The minimum Gasteiger partial charge on any atom is -0.478 e. The topological polar surface area (TPSA) is 114 Å². The molecular formula is C21H22N4O4S. The lowest BCUT2D eigenvalue weighted by atomic mass is 10.1. The highest BCUT2D eigenvalue weighted by Crippen LogP contribution is 2.27. The molecule has 0 saturated carbocycles. The first-order chi connectivity index (χ1) is 14.3. The molecular weight excluding hydrogens is 404 g/mol. The number of anilines is 1. The first kappa shape index (κ1) is 20.1. The van der Waals surface area contributed by atoms with E-state index < -0.39 is 16.0 Å². The Kier molecular flexibility index (Phi) is 5.29. The van der Waals surface area contributed by atoms with Crippen LogP contribution in [0.3, 0.4) is 0 Å². The predicted octanol–water partition coefficient (Wildman–Crippen LogP) is 3.48. The van der Waals surface area contributed by atoms with Gasteiger partial charge in [-0.25, -0.2) is 13.2 Å². The van der Waals surface area contributed by atoms with Gasteiger partial charge in [-0.1, -0.05) is 24.6 Å². The van der Waals surface area contributed by atoms with E-state index in [1.54, 1.807) is 25.1 Å². The Morgan fingerprint density at radius 1 is 1.10 bits per heavy atom. The molecule has 0 atom stereocenters. The van der Waals surface area contributed by atoms with Crippen molar-refractivity contribution in [2.24, 2.45) is 0 Å². The number of benzene rings is 2. The Morgan fingerprint density at radius 2 is 1.93 bits per heavy atom. The number of aromatic nitrogens is 3. The quantitative estimate of drug-likeness (QED) is 0.646. The lowest BCUT2D eigenvalue weighted by molar-refractivity contribution is 0.0696. The van der Waals surface area contributed by atoms with Crippen LogP contribution < -0.4 is 4.72 Å². The van der Waals surface area contributed by atoms with Crippen LogP contribution in [-0.2, 0) is 23.0 Å². The van der Waals surface area contributed by atoms with E-state index in [1.165, 1.54) is 18.2 Å². The maximum atomic E-state index is 12.9. The molecule has 30 heavy (non-hydrogen) atoms. The zero-order valence-corrected chi connectivity index (χ0v) is 17.3. The number of aryl methyl sites for hydroxylation is 2. The molecule has 0 radical (unpaired) electrons. The summed E-state index contributed by atoms with van der Waals surface area (Å²) in [5, 5.41) is 17.8. The summed E-state index contributed by atoms with van der Waals surface area (Å²) >= 11 is 0. The molecule has 156 valence electrons. The van der Waals surface area contributed by atoms with Crippen molar-refractivity contribution >= 4 is 21.7 Å². The summed E-state index contributed by atoms with van der Waals surface area (Å²) in [6, 6.07) is 11.0. The van der Waals surface area contributed by atoms with E-state index >= 15 is 0 Å². The fourth-order valence-electron chi connectivity index (χ4n) is 3.65. The van der Waals surface area contributed by atoms with Gasteiger partial charge in [0.05, 0.1) is 10.5 Å². The average Bonchev–Trinajstić information content (AvgIpc) is 2.96. The van der Waals surface area contributed by atoms with Gasteiger partial charge in [0.15, 0.2) is 5.82 Å². The van der Waals surface area contributed by atoms with Gasteiger partial charge in [-0.05, 0) is 49.6 Å². The lowest BCUT2D eigenvalue weighted by Crippen LogP contribution is -2.15. The monoisotopic (exact) mass is 426 g/mol. The highest BCUT2D eigenvalue weighted by atomic mass is 32.2. The first-order valence-electron chi connectivity index (χ1n) is 9.74. The molecule has 0 saturated heterocycles. The molecule has 0 fully saturated rings. The number of rotatable bonds is 5. The molecule has 1 aliphatic heterocycles. The Morgan fingerprint density at radius 3 is 2.73 bits per heavy atom. The third-order valence-corrected chi connectivity index (χ3v) is 6.73. The predicted molar refractivity (Wildman–Crippen MR) is 112 cm³/mol. The van der Waals surface area contributed by atoms with Gasteiger partial charge < -0.3 is 9.67 Å². The van der Waals surface area contributed by atoms with Gasteiger partial charge >= 0.3 is 5.97 Å². The van der Waals surface area contributed by atoms with Crippen LogP contribution in [0.15, 0.2) is 47.4 Å². The van der Waals surface area contributed by atoms with Crippen LogP contribution in [0.5, 0.6) is 0 Å². The Labute approximate surface area is 174 Å². The molecule has 0 amide bonds. The van der Waals surface area contributed by atoms with Crippen LogP contribution in [0, 0.1) is 6.92 Å². The van der Waals surface area contributed by atoms with Gasteiger partial charge in [-0.3, -0.25) is 4.72 Å². The molecule has 0 aliphatic carbocycles. The second-order valence-corrected chi connectivity index (χ2v) is 9.02. The fraction of sp³-hybridized carbons (Fsp3) is 0.286. The lowest BCUT2D eigenvalue weighted by Gasteiger charge is -2.12. The van der Waals surface area contributed by atoms with E-state index in [9.17, 15) is 18.3 Å². The second kappa shape index (κ2) is 7.91. The number of carboxylic acid groups (broad SMARTS) is 1. The van der Waals surface area contributed by atoms with Gasteiger partial charge in [0.2, 0.25) is 0 Å². The summed E-state index contributed by atoms with van der Waals surface area (Å²) in [6.07, 6.45) is 4.19. The van der Waals surface area contributed by atoms with Gasteiger partial charge in [0.1, 0.15) is 5.82 Å². The van der Waals surface area contributed by atoms with Crippen LogP contribution in [0.25, 0.3) is 11.4 Å². The molecule has 0 bridgehead atoms. The van der Waals surface area contributed by atoms with Crippen LogP contribution in [0.2, 0.25) is 0 Å². The van der Waals surface area contributed by atoms with Crippen molar-refractivity contribution in [3.63, 3.8) is 0 Å². The molecule has 1 aromatic heterocycles. The largest absolute Gasteiger partial charge is 0.478 e. The molecule has 4 rings (SSSR count). The minimum absolute atomic E-state index is 0.0656. The molecule has 1 aliphatic rings. The average molecular weight is 426 g/mol. The summed E-state index contributed by atoms with van der Waals surface area (Å²) in [4.78, 5) is 11.2. The Balaban J connectivity index is 1.67. The van der Waals surface area contributed by atoms with Gasteiger partial charge in [-0.15, -0.1) is 10.2 Å². The maximum absolute atomic E-state index is 12.9. The number of sulfonamides is 1. The molecule has 2 aromatic carbocycles. The van der Waals surface area contributed by atoms with E-state index in [0.29, 0.717) is 11.3 Å². The highest BCUT2D eigenvalue weighted by Gasteiger charge is 2.20. The summed E-state index contributed by atoms with van der Waals surface area (Å²) < 4.78 is 30.5. The first-order valence-corrected chi connectivity index (χ1v) is 11.2. The molecule has 8 nitrogen and oxygen atoms in total. The number of hydrogen-bond donors (Lipinski definition) is 2. The van der Waals surface area contributed by atoms with Crippen molar-refractivity contribution in [2.45, 2.75) is 44.0 Å². The van der Waals surface area contributed by atoms with E-state index in [4.69, 9.17) is 0 Å². The summed E-state index contributed by atoms with van der Waals surface area (Å²) in [7, 11) is -3.96. The van der Waals surface area contributed by atoms with E-state index in [0.717, 1.165) is 49.4 Å². The number of hydrogen-bond acceptors (Lipinski definition) is 5. The summed E-state index contributed by atoms with van der Waals surface area (Å²) in [5.74, 6) is 0.493. The van der Waals surface area contributed by atoms with E-state index in [-0.39, 0.29) is 10.5 Å². The van der Waals surface area contributed by atoms with Crippen LogP contribution in [0.1, 0.15) is 41.0 Å². The standard InChI is InChI=1S/C21H22N4O4S/c1-14-9-10-16(21(26)27)13-18(14)30(28,29)24-17-7-5-6-15(12-17)20-23-22-19-8-3-2-4-11-25(19)20/h5-7,9-10,12-13,24H,2-4,8,11H2,1H3,(H,26,27). The van der Waals surface area contributed by atoms with E-state index in [1.807, 2.05) is 6.07 Å². The van der Waals surface area contributed by atoms with Gasteiger partial charge in [0, 0.05) is 24.2 Å².